The molecule has 0 spiro atoms. The van der Waals surface area contributed by atoms with Crippen LogP contribution in [-0.2, 0) is 27.2 Å². The lowest BCUT2D eigenvalue weighted by atomic mass is 10.1. The minimum absolute atomic E-state index is 0.0808. The Balaban J connectivity index is 0.00000132. The molecule has 0 unspecified atom stereocenters. The van der Waals surface area contributed by atoms with Crippen molar-refractivity contribution in [2.24, 2.45) is 0 Å². The molecule has 0 fully saturated rings. The van der Waals surface area contributed by atoms with Crippen LogP contribution < -0.4 is 10.1 Å². The fourth-order valence-corrected chi connectivity index (χ4v) is 3.86. The number of carboxylic acids is 1. The molecule has 0 aliphatic rings. The summed E-state index contributed by atoms with van der Waals surface area (Å²) in [5, 5.41) is 20.6. The first-order valence-electron chi connectivity index (χ1n) is 14.3. The normalized spacial score (nSPS) is 11.9. The second kappa shape index (κ2) is 20.2. The zero-order chi connectivity index (χ0) is 31.5. The minimum atomic E-state index is -1.00. The number of aliphatic hydroxyl groups excluding tert-OH is 1. The number of aliphatic hydroxyl groups is 1. The van der Waals surface area contributed by atoms with Crippen molar-refractivity contribution in [3.05, 3.63) is 88.0 Å². The Morgan fingerprint density at radius 2 is 1.74 bits per heavy atom. The number of carboxylic acid groups (broad SMARTS) is 1. The van der Waals surface area contributed by atoms with Gasteiger partial charge < -0.3 is 29.9 Å². The van der Waals surface area contributed by atoms with Gasteiger partial charge in [-0.05, 0) is 63.6 Å². The minimum Gasteiger partial charge on any atom is -0.497 e. The maximum atomic E-state index is 14.6. The van der Waals surface area contributed by atoms with Crippen LogP contribution in [-0.4, -0.2) is 60.6 Å². The molecule has 1 amide bonds. The van der Waals surface area contributed by atoms with E-state index in [9.17, 15) is 19.1 Å². The summed E-state index contributed by atoms with van der Waals surface area (Å²) < 4.78 is 24.2. The van der Waals surface area contributed by atoms with Gasteiger partial charge in [-0.1, -0.05) is 55.8 Å². The lowest BCUT2D eigenvalue weighted by molar-refractivity contribution is -0.133. The summed E-state index contributed by atoms with van der Waals surface area (Å²) in [6.07, 6.45) is 3.17. The number of hydrogen-bond donors (Lipinski definition) is 3. The van der Waals surface area contributed by atoms with Crippen molar-refractivity contribution in [3.8, 4) is 5.75 Å². The van der Waals surface area contributed by atoms with E-state index in [-0.39, 0.29) is 31.2 Å². The van der Waals surface area contributed by atoms with Gasteiger partial charge in [0.25, 0.3) is 0 Å². The maximum Gasteiger partial charge on any atom is 0.333 e. The number of nitrogens with one attached hydrogen (secondary N) is 1. The molecule has 0 bridgehead atoms. The van der Waals surface area contributed by atoms with Crippen molar-refractivity contribution in [2.45, 2.75) is 66.7 Å². The third kappa shape index (κ3) is 13.3. The first kappa shape index (κ1) is 36.3. The molecule has 232 valence electrons. The molecule has 9 heteroatoms. The van der Waals surface area contributed by atoms with E-state index in [1.165, 1.54) is 18.7 Å². The summed E-state index contributed by atoms with van der Waals surface area (Å²) in [5.74, 6) is -1.29. The molecule has 0 atom stereocenters. The number of hydrogen-bond acceptors (Lipinski definition) is 6. The third-order valence-corrected chi connectivity index (χ3v) is 6.75. The molecule has 0 aliphatic carbocycles. The fourth-order valence-electron chi connectivity index (χ4n) is 3.86. The SMILES string of the molecule is CCC(C)=C(CN(CCCc1ccccc1)C(=O)Cc1ccc(OC)cc1F)N/C(C)=C(\C)C(=O)O.CCCOCO. The number of aryl methyl sites for hydroxylation is 1. The van der Waals surface area contributed by atoms with Crippen LogP contribution in [0.4, 0.5) is 4.39 Å². The molecule has 3 N–H and O–H groups in total. The molecule has 8 nitrogen and oxygen atoms in total. The van der Waals surface area contributed by atoms with Crippen LogP contribution in [0.5, 0.6) is 5.75 Å². The highest BCUT2D eigenvalue weighted by atomic mass is 19.1. The van der Waals surface area contributed by atoms with Crippen LogP contribution in [0.3, 0.4) is 0 Å². The summed E-state index contributed by atoms with van der Waals surface area (Å²) in [4.78, 5) is 26.6. The molecule has 2 aromatic rings. The zero-order valence-corrected chi connectivity index (χ0v) is 25.8. The molecular formula is C33H47FN2O6. The molecule has 0 aliphatic heterocycles. The summed E-state index contributed by atoms with van der Waals surface area (Å²) in [6, 6.07) is 14.5. The van der Waals surface area contributed by atoms with Gasteiger partial charge in [0, 0.05) is 30.6 Å². The van der Waals surface area contributed by atoms with E-state index in [4.69, 9.17) is 9.84 Å². The number of ether oxygens (including phenoxy) is 2. The van der Waals surface area contributed by atoms with E-state index < -0.39 is 11.8 Å². The van der Waals surface area contributed by atoms with Crippen LogP contribution in [0.15, 0.2) is 71.1 Å². The fraction of sp³-hybridized carbons (Fsp3) is 0.455. The van der Waals surface area contributed by atoms with Crippen LogP contribution in [0.1, 0.15) is 65.0 Å². The first-order chi connectivity index (χ1) is 20.1. The Kier molecular flexibility index (Phi) is 17.5. The second-order valence-corrected chi connectivity index (χ2v) is 9.87. The zero-order valence-electron chi connectivity index (χ0n) is 25.8. The van der Waals surface area contributed by atoms with Crippen molar-refractivity contribution < 1.29 is 33.7 Å². The summed E-state index contributed by atoms with van der Waals surface area (Å²) >= 11 is 0. The van der Waals surface area contributed by atoms with Gasteiger partial charge in [-0.15, -0.1) is 0 Å². The number of amides is 1. The molecule has 2 aromatic carbocycles. The Hall–Kier alpha value is -3.69. The van der Waals surface area contributed by atoms with Gasteiger partial charge in [0.2, 0.25) is 5.91 Å². The number of methoxy groups -OCH3 is 1. The molecule has 0 aromatic heterocycles. The van der Waals surface area contributed by atoms with E-state index in [2.05, 4.69) is 22.2 Å². The first-order valence-corrected chi connectivity index (χ1v) is 14.3. The van der Waals surface area contributed by atoms with Crippen LogP contribution in [0.2, 0.25) is 0 Å². The number of benzene rings is 2. The topological polar surface area (TPSA) is 108 Å². The molecule has 0 saturated heterocycles. The molecular weight excluding hydrogens is 539 g/mol. The van der Waals surface area contributed by atoms with Crippen molar-refractivity contribution in [3.63, 3.8) is 0 Å². The van der Waals surface area contributed by atoms with E-state index in [1.54, 1.807) is 30.9 Å². The number of carbonyl (C=O) groups excluding carboxylic acids is 1. The summed E-state index contributed by atoms with van der Waals surface area (Å²) in [6.45, 7) is 10.5. The lowest BCUT2D eigenvalue weighted by Gasteiger charge is -2.27. The highest BCUT2D eigenvalue weighted by Gasteiger charge is 2.19. The van der Waals surface area contributed by atoms with Gasteiger partial charge in [-0.25, -0.2) is 9.18 Å². The molecule has 0 radical (unpaired) electrons. The average Bonchev–Trinajstić information content (AvgIpc) is 2.99. The maximum absolute atomic E-state index is 14.6. The number of nitrogens with zero attached hydrogens (tertiary/aromatic N) is 1. The summed E-state index contributed by atoms with van der Waals surface area (Å²) in [7, 11) is 1.47. The average molecular weight is 587 g/mol. The quantitative estimate of drug-likeness (QED) is 0.129. The Bertz CT molecular complexity index is 1180. The van der Waals surface area contributed by atoms with Crippen molar-refractivity contribution in [2.75, 3.05) is 33.6 Å². The Morgan fingerprint density at radius 1 is 1.05 bits per heavy atom. The molecule has 0 saturated carbocycles. The summed E-state index contributed by atoms with van der Waals surface area (Å²) in [5.41, 5.74) is 4.00. The monoisotopic (exact) mass is 586 g/mol. The number of carbonyl (C=O) groups is 2. The largest absolute Gasteiger partial charge is 0.497 e. The number of rotatable bonds is 16. The highest BCUT2D eigenvalue weighted by molar-refractivity contribution is 5.86. The van der Waals surface area contributed by atoms with E-state index in [1.807, 2.05) is 39.0 Å². The van der Waals surface area contributed by atoms with Crippen LogP contribution >= 0.6 is 0 Å². The lowest BCUT2D eigenvalue weighted by Crippen LogP contribution is -2.38. The predicted octanol–water partition coefficient (Wildman–Crippen LogP) is 5.85. The van der Waals surface area contributed by atoms with Crippen molar-refractivity contribution in [1.29, 1.82) is 0 Å². The predicted molar refractivity (Wildman–Crippen MR) is 163 cm³/mol. The van der Waals surface area contributed by atoms with Gasteiger partial charge in [0.05, 0.1) is 25.6 Å². The third-order valence-electron chi connectivity index (χ3n) is 6.75. The molecule has 2 rings (SSSR count). The van der Waals surface area contributed by atoms with Crippen molar-refractivity contribution >= 4 is 11.9 Å². The van der Waals surface area contributed by atoms with Gasteiger partial charge >= 0.3 is 5.97 Å². The second-order valence-electron chi connectivity index (χ2n) is 9.87. The highest BCUT2D eigenvalue weighted by Crippen LogP contribution is 2.19. The number of aliphatic carboxylic acids is 1. The smallest absolute Gasteiger partial charge is 0.333 e. The van der Waals surface area contributed by atoms with Gasteiger partial charge in [0.15, 0.2) is 0 Å². The molecule has 0 heterocycles. The van der Waals surface area contributed by atoms with Gasteiger partial charge in [-0.2, -0.15) is 0 Å². The van der Waals surface area contributed by atoms with Crippen LogP contribution in [0, 0.1) is 5.82 Å². The van der Waals surface area contributed by atoms with Crippen LogP contribution in [0.25, 0.3) is 0 Å². The Morgan fingerprint density at radius 3 is 2.26 bits per heavy atom. The van der Waals surface area contributed by atoms with Gasteiger partial charge in [-0.3, -0.25) is 4.79 Å². The van der Waals surface area contributed by atoms with Crippen molar-refractivity contribution in [1.82, 2.24) is 10.2 Å². The van der Waals surface area contributed by atoms with E-state index in [0.29, 0.717) is 30.2 Å². The number of allylic oxidation sites excluding steroid dienone is 2. The number of halogens is 1. The Labute approximate surface area is 249 Å². The standard InChI is InChI=1S/C29H37FN2O4.C4H10O2/c1-6-20(2)27(31-22(4)21(3)29(34)35)19-32(16-10-13-23-11-8-7-9-12-23)28(33)17-24-14-15-25(36-5)18-26(24)30;1-2-3-6-4-5/h7-9,11-12,14-15,18,31H,6,10,13,16-17,19H2,1-5H3,(H,34,35);5H,2-4H2,1H3/b22-21+,27-20?;. The van der Waals surface area contributed by atoms with E-state index >= 15 is 0 Å². The molecule has 42 heavy (non-hydrogen) atoms. The van der Waals surface area contributed by atoms with E-state index in [0.717, 1.165) is 37.0 Å². The van der Waals surface area contributed by atoms with Gasteiger partial charge in [0.1, 0.15) is 18.4 Å².